The van der Waals surface area contributed by atoms with Gasteiger partial charge in [0.1, 0.15) is 0 Å². The predicted octanol–water partition coefficient (Wildman–Crippen LogP) is 1.57. The molecule has 0 amide bonds. The van der Waals surface area contributed by atoms with Crippen molar-refractivity contribution >= 4 is 23.0 Å². The highest BCUT2D eigenvalue weighted by atomic mass is 32.1. The number of hydrogen-bond acceptors (Lipinski definition) is 2. The fourth-order valence-corrected chi connectivity index (χ4v) is 2.63. The Kier molecular flexibility index (Phi) is 2.71. The van der Waals surface area contributed by atoms with Gasteiger partial charge in [0.05, 0.1) is 0 Å². The molecule has 1 spiro atoms. The Morgan fingerprint density at radius 2 is 2.00 bits per heavy atom. The van der Waals surface area contributed by atoms with E-state index < -0.39 is 11.6 Å². The Labute approximate surface area is 109 Å². The summed E-state index contributed by atoms with van der Waals surface area (Å²) in [6, 6.07) is 3.68. The Balaban J connectivity index is 1.59. The molecule has 0 radical (unpaired) electrons. The quantitative estimate of drug-likeness (QED) is 0.757. The van der Waals surface area contributed by atoms with Crippen molar-refractivity contribution < 1.29 is 8.78 Å². The van der Waals surface area contributed by atoms with E-state index in [0.717, 1.165) is 38.3 Å². The second-order valence-electron chi connectivity index (χ2n) is 5.02. The minimum atomic E-state index is -0.869. The maximum Gasteiger partial charge on any atom is 0.173 e. The van der Waals surface area contributed by atoms with Crippen LogP contribution in [-0.2, 0) is 0 Å². The van der Waals surface area contributed by atoms with Crippen LogP contribution in [0.2, 0.25) is 0 Å². The van der Waals surface area contributed by atoms with Crippen LogP contribution < -0.4 is 10.6 Å². The SMILES string of the molecule is Fc1ccc(NC(=S)N2CC3(CNC3)C2)cc1F. The van der Waals surface area contributed by atoms with Crippen molar-refractivity contribution in [3.8, 4) is 0 Å². The van der Waals surface area contributed by atoms with Gasteiger partial charge in [0.15, 0.2) is 16.7 Å². The molecule has 0 aliphatic carbocycles. The van der Waals surface area contributed by atoms with Crippen LogP contribution >= 0.6 is 12.2 Å². The lowest BCUT2D eigenvalue weighted by atomic mass is 9.75. The van der Waals surface area contributed by atoms with Crippen LogP contribution in [0.1, 0.15) is 0 Å². The summed E-state index contributed by atoms with van der Waals surface area (Å²) in [4.78, 5) is 2.04. The topological polar surface area (TPSA) is 27.3 Å². The number of rotatable bonds is 1. The summed E-state index contributed by atoms with van der Waals surface area (Å²) in [5.41, 5.74) is 0.867. The highest BCUT2D eigenvalue weighted by Gasteiger charge is 2.48. The lowest BCUT2D eigenvalue weighted by Crippen LogP contribution is -2.72. The fourth-order valence-electron chi connectivity index (χ4n) is 2.39. The summed E-state index contributed by atoms with van der Waals surface area (Å²) in [5, 5.41) is 6.74. The number of thiocarbonyl (C=S) groups is 1. The van der Waals surface area contributed by atoms with E-state index in [1.54, 1.807) is 0 Å². The van der Waals surface area contributed by atoms with Gasteiger partial charge in [-0.1, -0.05) is 0 Å². The molecular formula is C12H13F2N3S. The zero-order chi connectivity index (χ0) is 12.8. The molecule has 1 aromatic carbocycles. The molecule has 2 heterocycles. The normalized spacial score (nSPS) is 20.2. The lowest BCUT2D eigenvalue weighted by Gasteiger charge is -2.56. The number of anilines is 1. The van der Waals surface area contributed by atoms with Gasteiger partial charge in [-0.15, -0.1) is 0 Å². The van der Waals surface area contributed by atoms with Crippen molar-refractivity contribution in [3.05, 3.63) is 29.8 Å². The van der Waals surface area contributed by atoms with Crippen molar-refractivity contribution in [2.24, 2.45) is 5.41 Å². The van der Waals surface area contributed by atoms with E-state index in [1.807, 2.05) is 4.90 Å². The number of likely N-dealkylation sites (tertiary alicyclic amines) is 1. The van der Waals surface area contributed by atoms with Crippen molar-refractivity contribution in [1.29, 1.82) is 0 Å². The van der Waals surface area contributed by atoms with Crippen LogP contribution in [0.15, 0.2) is 18.2 Å². The molecule has 0 unspecified atom stereocenters. The maximum absolute atomic E-state index is 13.0. The van der Waals surface area contributed by atoms with E-state index >= 15 is 0 Å². The monoisotopic (exact) mass is 269 g/mol. The van der Waals surface area contributed by atoms with Gasteiger partial charge in [0, 0.05) is 43.3 Å². The average Bonchev–Trinajstić information content (AvgIpc) is 2.19. The Morgan fingerprint density at radius 3 is 2.56 bits per heavy atom. The van der Waals surface area contributed by atoms with Crippen LogP contribution in [0.3, 0.4) is 0 Å². The van der Waals surface area contributed by atoms with E-state index in [-0.39, 0.29) is 0 Å². The first-order valence-electron chi connectivity index (χ1n) is 5.80. The van der Waals surface area contributed by atoms with Gasteiger partial charge in [0.25, 0.3) is 0 Å². The second-order valence-corrected chi connectivity index (χ2v) is 5.41. The van der Waals surface area contributed by atoms with E-state index in [4.69, 9.17) is 12.2 Å². The minimum Gasteiger partial charge on any atom is -0.348 e. The Morgan fingerprint density at radius 1 is 1.28 bits per heavy atom. The van der Waals surface area contributed by atoms with Gasteiger partial charge in [0.2, 0.25) is 0 Å². The van der Waals surface area contributed by atoms with Gasteiger partial charge in [-0.05, 0) is 24.4 Å². The molecule has 0 saturated carbocycles. The molecule has 2 N–H and O–H groups in total. The second kappa shape index (κ2) is 4.13. The van der Waals surface area contributed by atoms with Crippen molar-refractivity contribution in [2.45, 2.75) is 0 Å². The van der Waals surface area contributed by atoms with Crippen LogP contribution in [0.5, 0.6) is 0 Å². The predicted molar refractivity (Wildman–Crippen MR) is 69.5 cm³/mol. The van der Waals surface area contributed by atoms with Gasteiger partial charge in [-0.3, -0.25) is 0 Å². The third kappa shape index (κ3) is 1.95. The Hall–Kier alpha value is -1.27. The van der Waals surface area contributed by atoms with E-state index in [2.05, 4.69) is 10.6 Å². The first kappa shape index (κ1) is 11.8. The molecular weight excluding hydrogens is 256 g/mol. The lowest BCUT2D eigenvalue weighted by molar-refractivity contribution is 0.00868. The van der Waals surface area contributed by atoms with Crippen molar-refractivity contribution in [3.63, 3.8) is 0 Å². The third-order valence-electron chi connectivity index (χ3n) is 3.51. The molecule has 18 heavy (non-hydrogen) atoms. The van der Waals surface area contributed by atoms with Crippen LogP contribution in [0.4, 0.5) is 14.5 Å². The van der Waals surface area contributed by atoms with Gasteiger partial charge in [-0.2, -0.15) is 0 Å². The summed E-state index contributed by atoms with van der Waals surface area (Å²) in [7, 11) is 0. The molecule has 3 rings (SSSR count). The number of hydrogen-bond donors (Lipinski definition) is 2. The average molecular weight is 269 g/mol. The summed E-state index contributed by atoms with van der Waals surface area (Å²) in [6.07, 6.45) is 0. The van der Waals surface area contributed by atoms with E-state index in [1.165, 1.54) is 6.07 Å². The Bertz CT molecular complexity index is 494. The highest BCUT2D eigenvalue weighted by Crippen LogP contribution is 2.34. The molecule has 0 bridgehead atoms. The summed E-state index contributed by atoms with van der Waals surface area (Å²) < 4.78 is 25.8. The molecule has 2 aliphatic rings. The van der Waals surface area contributed by atoms with Crippen molar-refractivity contribution in [2.75, 3.05) is 31.5 Å². The maximum atomic E-state index is 13.0. The number of nitrogens with one attached hydrogen (secondary N) is 2. The van der Waals surface area contributed by atoms with Gasteiger partial charge >= 0.3 is 0 Å². The molecule has 2 aliphatic heterocycles. The van der Waals surface area contributed by atoms with Crippen LogP contribution in [0.25, 0.3) is 0 Å². The number of nitrogens with zero attached hydrogens (tertiary/aromatic N) is 1. The smallest absolute Gasteiger partial charge is 0.173 e. The first-order chi connectivity index (χ1) is 8.58. The molecule has 0 aromatic heterocycles. The number of halogens is 2. The first-order valence-corrected chi connectivity index (χ1v) is 6.21. The molecule has 6 heteroatoms. The zero-order valence-electron chi connectivity index (χ0n) is 9.67. The van der Waals surface area contributed by atoms with Crippen molar-refractivity contribution in [1.82, 2.24) is 10.2 Å². The summed E-state index contributed by atoms with van der Waals surface area (Å²) in [5.74, 6) is -1.72. The van der Waals surface area contributed by atoms with Crippen LogP contribution in [0, 0.1) is 17.0 Å². The fraction of sp³-hybridized carbons (Fsp3) is 0.417. The van der Waals surface area contributed by atoms with Crippen LogP contribution in [-0.4, -0.2) is 36.2 Å². The summed E-state index contributed by atoms with van der Waals surface area (Å²) >= 11 is 5.24. The molecule has 2 saturated heterocycles. The van der Waals surface area contributed by atoms with E-state index in [9.17, 15) is 8.78 Å². The van der Waals surface area contributed by atoms with Gasteiger partial charge in [-0.25, -0.2) is 8.78 Å². The zero-order valence-corrected chi connectivity index (χ0v) is 10.5. The molecule has 96 valence electrons. The molecule has 1 aromatic rings. The largest absolute Gasteiger partial charge is 0.348 e. The number of benzene rings is 1. The third-order valence-corrected chi connectivity index (χ3v) is 3.87. The standard InChI is InChI=1S/C12H13F2N3S/c13-9-2-1-8(3-10(9)14)16-11(18)17-6-12(7-17)4-15-5-12/h1-3,15H,4-7H2,(H,16,18). The molecule has 3 nitrogen and oxygen atoms in total. The summed E-state index contributed by atoms with van der Waals surface area (Å²) in [6.45, 7) is 3.93. The van der Waals surface area contributed by atoms with Gasteiger partial charge < -0.3 is 15.5 Å². The molecule has 2 fully saturated rings. The highest BCUT2D eigenvalue weighted by molar-refractivity contribution is 7.80. The minimum absolute atomic E-state index is 0.389. The van der Waals surface area contributed by atoms with E-state index in [0.29, 0.717) is 16.2 Å². The molecule has 0 atom stereocenters.